The molecule has 0 spiro atoms. The van der Waals surface area contributed by atoms with Crippen molar-refractivity contribution in [1.29, 1.82) is 0 Å². The molecule has 2 aromatic carbocycles. The minimum Gasteiger partial charge on any atom is -0.748 e. The van der Waals surface area contributed by atoms with E-state index in [0.717, 1.165) is 15.1 Å². The number of thiophene rings is 1. The van der Waals surface area contributed by atoms with Gasteiger partial charge in [-0.2, -0.15) is 4.57 Å². The highest BCUT2D eigenvalue weighted by Gasteiger charge is 2.31. The Kier molecular flexibility index (Phi) is 6.28. The molecule has 1 aliphatic rings. The first-order valence-electron chi connectivity index (χ1n) is 10.3. The molecule has 0 radical (unpaired) electrons. The fourth-order valence-corrected chi connectivity index (χ4v) is 6.92. The number of nitrogens with zero attached hydrogens (tertiary/aromatic N) is 2. The number of aromatic nitrogens is 1. The van der Waals surface area contributed by atoms with Crippen molar-refractivity contribution in [1.82, 2.24) is 0 Å². The van der Waals surface area contributed by atoms with Crippen molar-refractivity contribution in [2.24, 2.45) is 0 Å². The first kappa shape index (κ1) is 23.8. The van der Waals surface area contributed by atoms with Crippen molar-refractivity contribution in [3.63, 3.8) is 0 Å². The Balaban J connectivity index is 1.59. The van der Waals surface area contributed by atoms with Gasteiger partial charge in [-0.25, -0.2) is 13.2 Å². The van der Waals surface area contributed by atoms with Gasteiger partial charge < -0.3 is 19.3 Å². The van der Waals surface area contributed by atoms with E-state index in [1.54, 1.807) is 27.7 Å². The number of carboxylic acids is 1. The van der Waals surface area contributed by atoms with E-state index in [1.807, 2.05) is 42.5 Å². The lowest BCUT2D eigenvalue weighted by atomic mass is 10.0. The fraction of sp³-hybridized carbons (Fsp3) is 0.130. The Labute approximate surface area is 213 Å². The van der Waals surface area contributed by atoms with Crippen LogP contribution in [0.3, 0.4) is 0 Å². The summed E-state index contributed by atoms with van der Waals surface area (Å²) in [6.07, 6.45) is 1.66. The summed E-state index contributed by atoms with van der Waals surface area (Å²) in [4.78, 5) is 13.2. The molecule has 3 heterocycles. The molecule has 0 unspecified atom stereocenters. The number of rotatable bonds is 7. The van der Waals surface area contributed by atoms with Crippen molar-refractivity contribution in [2.75, 3.05) is 17.2 Å². The molecule has 8 nitrogen and oxygen atoms in total. The second-order valence-electron chi connectivity index (χ2n) is 7.69. The number of carbonyl (C=O) groups is 1. The van der Waals surface area contributed by atoms with Gasteiger partial charge in [0.15, 0.2) is 9.76 Å². The molecule has 0 fully saturated rings. The highest BCUT2D eigenvalue weighted by atomic mass is 35.5. The van der Waals surface area contributed by atoms with Crippen LogP contribution in [0.25, 0.3) is 26.7 Å². The largest absolute Gasteiger partial charge is 0.748 e. The molecule has 12 heteroatoms. The Morgan fingerprint density at radius 1 is 1.14 bits per heavy atom. The van der Waals surface area contributed by atoms with Crippen molar-refractivity contribution >= 4 is 71.7 Å². The van der Waals surface area contributed by atoms with Gasteiger partial charge in [-0.05, 0) is 23.3 Å². The second-order valence-corrected chi connectivity index (χ2v) is 12.2. The quantitative estimate of drug-likeness (QED) is 0.269. The molecular formula is C23H17ClN2O6S3. The third-order valence-corrected chi connectivity index (χ3v) is 8.52. The summed E-state index contributed by atoms with van der Waals surface area (Å²) in [5.41, 5.74) is 3.18. The summed E-state index contributed by atoms with van der Waals surface area (Å²) in [6.45, 7) is -0.403. The molecule has 0 atom stereocenters. The summed E-state index contributed by atoms with van der Waals surface area (Å²) >= 11 is 8.81. The molecule has 0 aliphatic carbocycles. The summed E-state index contributed by atoms with van der Waals surface area (Å²) in [7, 11) is -4.48. The molecule has 0 saturated heterocycles. The first-order chi connectivity index (χ1) is 16.7. The van der Waals surface area contributed by atoms with Gasteiger partial charge in [0.2, 0.25) is 17.9 Å². The summed E-state index contributed by atoms with van der Waals surface area (Å²) in [6, 6.07) is 16.9. The van der Waals surface area contributed by atoms with Gasteiger partial charge in [0, 0.05) is 12.6 Å². The van der Waals surface area contributed by atoms with E-state index in [1.165, 1.54) is 22.7 Å². The zero-order valence-corrected chi connectivity index (χ0v) is 21.1. The zero-order valence-electron chi connectivity index (χ0n) is 17.9. The Morgan fingerprint density at radius 2 is 1.91 bits per heavy atom. The van der Waals surface area contributed by atoms with E-state index in [4.69, 9.17) is 16.3 Å². The monoisotopic (exact) mass is 548 g/mol. The van der Waals surface area contributed by atoms with Crippen molar-refractivity contribution in [3.8, 4) is 16.9 Å². The highest BCUT2D eigenvalue weighted by molar-refractivity contribution is 7.85. The maximum atomic E-state index is 11.5. The Bertz CT molecular complexity index is 1580. The first-order valence-corrected chi connectivity index (χ1v) is 13.9. The van der Waals surface area contributed by atoms with Crippen LogP contribution >= 0.6 is 34.3 Å². The van der Waals surface area contributed by atoms with E-state index in [2.05, 4.69) is 0 Å². The molecular weight excluding hydrogens is 532 g/mol. The number of hydrogen-bond acceptors (Lipinski definition) is 8. The van der Waals surface area contributed by atoms with Gasteiger partial charge >= 0.3 is 5.97 Å². The number of halogens is 1. The van der Waals surface area contributed by atoms with Crippen molar-refractivity contribution in [2.45, 2.75) is 6.54 Å². The van der Waals surface area contributed by atoms with Gasteiger partial charge in [0.1, 0.15) is 4.34 Å². The van der Waals surface area contributed by atoms with Crippen LogP contribution in [-0.2, 0) is 21.5 Å². The maximum Gasteiger partial charge on any atom is 0.370 e. The van der Waals surface area contributed by atoms with Gasteiger partial charge in [0.05, 0.1) is 27.6 Å². The van der Waals surface area contributed by atoms with Gasteiger partial charge in [-0.1, -0.05) is 59.3 Å². The molecule has 0 amide bonds. The van der Waals surface area contributed by atoms with Crippen LogP contribution in [0, 0.1) is 0 Å². The molecule has 2 aromatic heterocycles. The number of fused-ring (bicyclic) bond motifs is 2. The number of aliphatic carboxylic acids is 1. The highest BCUT2D eigenvalue weighted by Crippen LogP contribution is 2.42. The SMILES string of the molecule is O=C(O)C[n+]1c(C=C2Oc3ccc(-c4ccccc4)cc3N2CCS(=O)(=O)[O-])sc2sc(Cl)cc21. The van der Waals surface area contributed by atoms with E-state index >= 15 is 0 Å². The van der Waals surface area contributed by atoms with Crippen LogP contribution in [-0.4, -0.2) is 36.3 Å². The topological polar surface area (TPSA) is 111 Å². The van der Waals surface area contributed by atoms with Gasteiger partial charge in [-0.3, -0.25) is 0 Å². The number of hydrogen-bond donors (Lipinski definition) is 1. The third kappa shape index (κ3) is 5.04. The minimum absolute atomic E-state index is 0.118. The number of ether oxygens (including phenoxy) is 1. The predicted molar refractivity (Wildman–Crippen MR) is 135 cm³/mol. The summed E-state index contributed by atoms with van der Waals surface area (Å²) in [5, 5.41) is 10.0. The smallest absolute Gasteiger partial charge is 0.370 e. The summed E-state index contributed by atoms with van der Waals surface area (Å²) in [5.74, 6) is -0.833. The van der Waals surface area contributed by atoms with E-state index in [0.29, 0.717) is 32.2 Å². The lowest BCUT2D eigenvalue weighted by Crippen LogP contribution is -2.39. The summed E-state index contributed by atoms with van der Waals surface area (Å²) < 4.78 is 43.3. The zero-order chi connectivity index (χ0) is 24.7. The lowest BCUT2D eigenvalue weighted by molar-refractivity contribution is -0.657. The second kappa shape index (κ2) is 9.25. The molecule has 35 heavy (non-hydrogen) atoms. The Hall–Kier alpha value is -2.96. The van der Waals surface area contributed by atoms with Crippen LogP contribution in [0.4, 0.5) is 5.69 Å². The van der Waals surface area contributed by atoms with Crippen LogP contribution in [0.2, 0.25) is 4.34 Å². The number of anilines is 1. The maximum absolute atomic E-state index is 11.5. The third-order valence-electron chi connectivity index (χ3n) is 5.35. The van der Waals surface area contributed by atoms with E-state index < -0.39 is 21.8 Å². The van der Waals surface area contributed by atoms with E-state index in [-0.39, 0.29) is 13.1 Å². The Morgan fingerprint density at radius 3 is 2.63 bits per heavy atom. The van der Waals surface area contributed by atoms with Crippen molar-refractivity contribution in [3.05, 3.63) is 69.8 Å². The van der Waals surface area contributed by atoms with Crippen LogP contribution < -0.4 is 14.2 Å². The number of thiazole rings is 1. The van der Waals surface area contributed by atoms with Crippen molar-refractivity contribution < 1.29 is 32.2 Å². The molecule has 180 valence electrons. The fourth-order valence-electron chi connectivity index (χ4n) is 3.83. The lowest BCUT2D eigenvalue weighted by Gasteiger charge is -2.19. The van der Waals surface area contributed by atoms with Gasteiger partial charge in [0.25, 0.3) is 5.01 Å². The van der Waals surface area contributed by atoms with Crippen LogP contribution in [0.1, 0.15) is 5.01 Å². The average Bonchev–Trinajstić information content (AvgIpc) is 3.43. The average molecular weight is 549 g/mol. The molecule has 0 saturated carbocycles. The van der Waals surface area contributed by atoms with Gasteiger partial charge in [-0.15, -0.1) is 11.3 Å². The van der Waals surface area contributed by atoms with E-state index in [9.17, 15) is 22.9 Å². The molecule has 1 aliphatic heterocycles. The van der Waals surface area contributed by atoms with Crippen LogP contribution in [0.5, 0.6) is 5.75 Å². The predicted octanol–water partition coefficient (Wildman–Crippen LogP) is 4.40. The minimum atomic E-state index is -4.48. The molecule has 5 rings (SSSR count). The number of benzene rings is 2. The van der Waals surface area contributed by atoms with Crippen LogP contribution in [0.15, 0.2) is 60.5 Å². The standard InChI is InChI=1S/C23H17ClN2O6S3/c24-19-11-17-23(33-19)34-21(26(17)13-22(27)28)12-20-25(8-9-35(29,30)31)16-10-15(6-7-18(16)32-20)14-4-2-1-3-5-14/h1-7,10-12H,8-9,13H2,(H-,27,28,29,30,31). The number of carboxylic acid groups (broad SMARTS) is 1. The molecule has 4 aromatic rings. The normalized spacial score (nSPS) is 14.5. The molecule has 1 N–H and O–H groups in total. The molecule has 0 bridgehead atoms.